The Bertz CT molecular complexity index is 469. The second kappa shape index (κ2) is 4.68. The zero-order chi connectivity index (χ0) is 12.3. The topological polar surface area (TPSA) is 37.3 Å². The molecule has 0 aliphatic carbocycles. The Hall–Kier alpha value is -1.66. The van der Waals surface area contributed by atoms with Gasteiger partial charge in [0.05, 0.1) is 0 Å². The third-order valence-corrected chi connectivity index (χ3v) is 6.96. The third-order valence-electron chi connectivity index (χ3n) is 3.13. The maximum absolute atomic E-state index is 11.7. The van der Waals surface area contributed by atoms with E-state index in [9.17, 15) is 9.90 Å². The van der Waals surface area contributed by atoms with Gasteiger partial charge >= 0.3 is 101 Å². The normalized spacial score (nSPS) is 12.1. The Balaban J connectivity index is 2.59. The summed E-state index contributed by atoms with van der Waals surface area (Å²) in [4.78, 5) is 11.7. The summed E-state index contributed by atoms with van der Waals surface area (Å²) in [5.41, 5.74) is -0.699. The van der Waals surface area contributed by atoms with E-state index in [-0.39, 0.29) is 0 Å². The summed E-state index contributed by atoms with van der Waals surface area (Å²) in [6, 6.07) is 19.0. The third kappa shape index (κ3) is 2.09. The van der Waals surface area contributed by atoms with Gasteiger partial charge in [0.25, 0.3) is 0 Å². The van der Waals surface area contributed by atoms with E-state index in [4.69, 9.17) is 0 Å². The van der Waals surface area contributed by atoms with Crippen molar-refractivity contribution in [3.63, 3.8) is 0 Å². The number of carboxylic acid groups (broad SMARTS) is 1. The van der Waals surface area contributed by atoms with Crippen LogP contribution in [-0.4, -0.2) is 17.5 Å². The van der Waals surface area contributed by atoms with Crippen LogP contribution in [0.3, 0.4) is 0 Å². The van der Waals surface area contributed by atoms with E-state index in [2.05, 4.69) is 0 Å². The SMILES string of the molecule is C[PH](C(=O)O)(c1ccccc1)c1ccccc1. The minimum absolute atomic E-state index is 0.699. The number of benzene rings is 2. The van der Waals surface area contributed by atoms with E-state index in [1.165, 1.54) is 0 Å². The van der Waals surface area contributed by atoms with Gasteiger partial charge < -0.3 is 0 Å². The fourth-order valence-corrected chi connectivity index (χ4v) is 4.50. The molecule has 0 fully saturated rings. The molecule has 2 rings (SSSR count). The fourth-order valence-electron chi connectivity index (χ4n) is 1.96. The van der Waals surface area contributed by atoms with Crippen LogP contribution in [0.4, 0.5) is 4.79 Å². The first-order valence-electron chi connectivity index (χ1n) is 5.50. The summed E-state index contributed by atoms with van der Waals surface area (Å²) >= 11 is 0. The van der Waals surface area contributed by atoms with E-state index >= 15 is 0 Å². The Kier molecular flexibility index (Phi) is 3.26. The molecule has 0 spiro atoms. The van der Waals surface area contributed by atoms with Gasteiger partial charge in [0, 0.05) is 0 Å². The summed E-state index contributed by atoms with van der Waals surface area (Å²) in [6.07, 6.45) is 0. The number of carbonyl (C=O) groups is 1. The van der Waals surface area contributed by atoms with Crippen LogP contribution >= 0.6 is 7.26 Å². The van der Waals surface area contributed by atoms with E-state index in [1.54, 1.807) is 0 Å². The molecule has 0 aromatic heterocycles. The van der Waals surface area contributed by atoms with Crippen LogP contribution in [-0.2, 0) is 0 Å². The Morgan fingerprint density at radius 1 is 0.882 bits per heavy atom. The second-order valence-electron chi connectivity index (χ2n) is 4.16. The number of hydrogen-bond acceptors (Lipinski definition) is 1. The van der Waals surface area contributed by atoms with Crippen molar-refractivity contribution in [2.45, 2.75) is 0 Å². The van der Waals surface area contributed by atoms with Gasteiger partial charge in [-0.2, -0.15) is 0 Å². The molecule has 0 aliphatic rings. The number of rotatable bonds is 3. The fraction of sp³-hybridized carbons (Fsp3) is 0.0714. The van der Waals surface area contributed by atoms with Gasteiger partial charge in [-0.15, -0.1) is 0 Å². The van der Waals surface area contributed by atoms with Gasteiger partial charge in [0.2, 0.25) is 0 Å². The van der Waals surface area contributed by atoms with Crippen molar-refractivity contribution in [2.75, 3.05) is 6.66 Å². The average molecular weight is 246 g/mol. The molecule has 2 aromatic rings. The summed E-state index contributed by atoms with van der Waals surface area (Å²) in [7, 11) is -2.66. The van der Waals surface area contributed by atoms with Gasteiger partial charge in [-0.05, 0) is 0 Å². The van der Waals surface area contributed by atoms with Crippen LogP contribution in [0.25, 0.3) is 0 Å². The van der Waals surface area contributed by atoms with Gasteiger partial charge in [-0.25, -0.2) is 0 Å². The number of hydrogen-bond donors (Lipinski definition) is 1. The molecule has 0 radical (unpaired) electrons. The molecule has 0 amide bonds. The van der Waals surface area contributed by atoms with Crippen molar-refractivity contribution in [1.82, 2.24) is 0 Å². The van der Waals surface area contributed by atoms with Crippen LogP contribution in [0, 0.1) is 0 Å². The van der Waals surface area contributed by atoms with E-state index < -0.39 is 13.0 Å². The molecule has 0 saturated heterocycles. The summed E-state index contributed by atoms with van der Waals surface area (Å²) in [5.74, 6) is 0. The first kappa shape index (κ1) is 11.8. The Morgan fingerprint density at radius 3 is 1.53 bits per heavy atom. The minimum atomic E-state index is -2.66. The van der Waals surface area contributed by atoms with Crippen LogP contribution in [0.1, 0.15) is 0 Å². The first-order valence-corrected chi connectivity index (χ1v) is 8.00. The van der Waals surface area contributed by atoms with Gasteiger partial charge in [0.1, 0.15) is 0 Å². The standard InChI is InChI=1S/C14H15O2P/c1-17(14(15)16,12-8-4-2-5-9-12)13-10-6-3-7-11-13/h2-11,17H,1H3,(H,15,16). The van der Waals surface area contributed by atoms with E-state index in [0.717, 1.165) is 10.6 Å². The van der Waals surface area contributed by atoms with Crippen molar-refractivity contribution < 1.29 is 9.90 Å². The summed E-state index contributed by atoms with van der Waals surface area (Å²) in [5, 5.41) is 11.5. The second-order valence-corrected chi connectivity index (χ2v) is 7.99. The molecule has 3 heteroatoms. The molecular weight excluding hydrogens is 231 g/mol. The zero-order valence-corrected chi connectivity index (χ0v) is 10.6. The van der Waals surface area contributed by atoms with E-state index in [0.29, 0.717) is 0 Å². The van der Waals surface area contributed by atoms with Gasteiger partial charge in [0.15, 0.2) is 0 Å². The molecule has 2 aromatic carbocycles. The molecule has 0 atom stereocenters. The van der Waals surface area contributed by atoms with Crippen molar-refractivity contribution in [1.29, 1.82) is 0 Å². The van der Waals surface area contributed by atoms with Crippen molar-refractivity contribution in [3.8, 4) is 0 Å². The Labute approximate surface area is 101 Å². The molecular formula is C14H15O2P. The molecule has 0 saturated carbocycles. The predicted molar refractivity (Wildman–Crippen MR) is 74.4 cm³/mol. The molecule has 0 unspecified atom stereocenters. The van der Waals surface area contributed by atoms with E-state index in [1.807, 2.05) is 67.3 Å². The van der Waals surface area contributed by atoms with Crippen LogP contribution in [0.15, 0.2) is 60.7 Å². The van der Waals surface area contributed by atoms with Crippen molar-refractivity contribution >= 4 is 23.6 Å². The van der Waals surface area contributed by atoms with Crippen LogP contribution in [0.2, 0.25) is 0 Å². The van der Waals surface area contributed by atoms with Gasteiger partial charge in [-0.1, -0.05) is 0 Å². The molecule has 2 nitrogen and oxygen atoms in total. The summed E-state index contributed by atoms with van der Waals surface area (Å²) in [6.45, 7) is 1.88. The van der Waals surface area contributed by atoms with Crippen molar-refractivity contribution in [2.24, 2.45) is 0 Å². The average Bonchev–Trinajstić information content (AvgIpc) is 2.39. The zero-order valence-electron chi connectivity index (χ0n) is 9.63. The van der Waals surface area contributed by atoms with Gasteiger partial charge in [-0.3, -0.25) is 0 Å². The quantitative estimate of drug-likeness (QED) is 0.845. The maximum atomic E-state index is 11.7. The van der Waals surface area contributed by atoms with Crippen LogP contribution < -0.4 is 10.6 Å². The summed E-state index contributed by atoms with van der Waals surface area (Å²) < 4.78 is 0. The Morgan fingerprint density at radius 2 is 1.24 bits per heavy atom. The predicted octanol–water partition coefficient (Wildman–Crippen LogP) is 2.70. The molecule has 17 heavy (non-hydrogen) atoms. The molecule has 88 valence electrons. The molecule has 0 bridgehead atoms. The monoisotopic (exact) mass is 246 g/mol. The molecule has 0 heterocycles. The van der Waals surface area contributed by atoms with Crippen molar-refractivity contribution in [3.05, 3.63) is 60.7 Å². The van der Waals surface area contributed by atoms with Crippen LogP contribution in [0.5, 0.6) is 0 Å². The molecule has 0 aliphatic heterocycles. The molecule has 1 N–H and O–H groups in total. The first-order chi connectivity index (χ1) is 8.15.